The highest BCUT2D eigenvalue weighted by molar-refractivity contribution is 6.31. The number of benzene rings is 1. The van der Waals surface area contributed by atoms with Gasteiger partial charge in [0, 0.05) is 23.0 Å². The largest absolute Gasteiger partial charge is 0.352 e. The number of nitrogens with one attached hydrogen (secondary N) is 1. The van der Waals surface area contributed by atoms with E-state index >= 15 is 0 Å². The third-order valence-electron chi connectivity index (χ3n) is 2.40. The zero-order valence-electron chi connectivity index (χ0n) is 9.93. The molecule has 0 heterocycles. The van der Waals surface area contributed by atoms with Crippen LogP contribution in [-0.2, 0) is 0 Å². The van der Waals surface area contributed by atoms with Gasteiger partial charge in [0.05, 0.1) is 0 Å². The van der Waals surface area contributed by atoms with Crippen molar-refractivity contribution < 1.29 is 4.79 Å². The average Bonchev–Trinajstić information content (AvgIpc) is 2.27. The molecule has 0 fully saturated rings. The number of aryl methyl sites for hydroxylation is 1. The molecule has 0 aromatic heterocycles. The zero-order valence-corrected chi connectivity index (χ0v) is 11.4. The second-order valence-electron chi connectivity index (χ2n) is 4.02. The average molecular weight is 274 g/mol. The summed E-state index contributed by atoms with van der Waals surface area (Å²) in [7, 11) is 0. The summed E-state index contributed by atoms with van der Waals surface area (Å²) < 4.78 is 0. The molecule has 1 N–H and O–H groups in total. The van der Waals surface area contributed by atoms with Gasteiger partial charge in [0.25, 0.3) is 5.91 Å². The molecule has 94 valence electrons. The summed E-state index contributed by atoms with van der Waals surface area (Å²) in [5.41, 5.74) is 1.61. The molecule has 1 aromatic rings. The Morgan fingerprint density at radius 2 is 2.00 bits per heavy atom. The maximum atomic E-state index is 11.8. The van der Waals surface area contributed by atoms with Crippen LogP contribution in [0.2, 0.25) is 5.02 Å². The van der Waals surface area contributed by atoms with Gasteiger partial charge in [-0.05, 0) is 43.5 Å². The minimum absolute atomic E-state index is 0.0681. The fraction of sp³-hybridized carbons (Fsp3) is 0.462. The number of amides is 1. The minimum Gasteiger partial charge on any atom is -0.352 e. The minimum atomic E-state index is -0.0681. The number of unbranched alkanes of at least 4 members (excludes halogenated alkanes) is 2. The first kappa shape index (κ1) is 14.3. The van der Waals surface area contributed by atoms with Gasteiger partial charge in [-0.3, -0.25) is 4.79 Å². The quantitative estimate of drug-likeness (QED) is 0.620. The monoisotopic (exact) mass is 273 g/mol. The molecule has 0 spiro atoms. The maximum absolute atomic E-state index is 11.8. The molecule has 2 nitrogen and oxygen atoms in total. The summed E-state index contributed by atoms with van der Waals surface area (Å²) in [4.78, 5) is 11.8. The van der Waals surface area contributed by atoms with Gasteiger partial charge in [0.1, 0.15) is 0 Å². The van der Waals surface area contributed by atoms with Crippen LogP contribution in [0.5, 0.6) is 0 Å². The summed E-state index contributed by atoms with van der Waals surface area (Å²) in [6.45, 7) is 2.60. The molecule has 1 aromatic carbocycles. The molecular formula is C13H17Cl2NO. The van der Waals surface area contributed by atoms with Crippen molar-refractivity contribution in [3.8, 4) is 0 Å². The highest BCUT2D eigenvalue weighted by Gasteiger charge is 2.06. The van der Waals surface area contributed by atoms with Crippen molar-refractivity contribution in [2.45, 2.75) is 26.2 Å². The van der Waals surface area contributed by atoms with Crippen molar-refractivity contribution >= 4 is 29.1 Å². The zero-order chi connectivity index (χ0) is 12.7. The molecule has 0 aliphatic heterocycles. The third-order valence-corrected chi connectivity index (χ3v) is 2.89. The molecule has 4 heteroatoms. The van der Waals surface area contributed by atoms with E-state index in [0.29, 0.717) is 23.0 Å². The lowest BCUT2D eigenvalue weighted by molar-refractivity contribution is 0.0953. The van der Waals surface area contributed by atoms with E-state index in [2.05, 4.69) is 5.32 Å². The van der Waals surface area contributed by atoms with Crippen LogP contribution in [-0.4, -0.2) is 18.3 Å². The van der Waals surface area contributed by atoms with Gasteiger partial charge < -0.3 is 5.32 Å². The molecule has 0 saturated heterocycles. The highest BCUT2D eigenvalue weighted by atomic mass is 35.5. The molecular weight excluding hydrogens is 257 g/mol. The Hall–Kier alpha value is -0.730. The number of rotatable bonds is 6. The summed E-state index contributed by atoms with van der Waals surface area (Å²) in [6, 6.07) is 5.35. The second kappa shape index (κ2) is 7.57. The molecule has 1 amide bonds. The molecule has 0 saturated carbocycles. The summed E-state index contributed by atoms with van der Waals surface area (Å²) in [5, 5.41) is 3.47. The van der Waals surface area contributed by atoms with Gasteiger partial charge in [0.2, 0.25) is 0 Å². The van der Waals surface area contributed by atoms with E-state index in [0.717, 1.165) is 24.8 Å². The number of hydrogen-bond donors (Lipinski definition) is 1. The Morgan fingerprint density at radius 1 is 1.24 bits per heavy atom. The van der Waals surface area contributed by atoms with Crippen molar-refractivity contribution in [3.05, 3.63) is 34.3 Å². The fourth-order valence-corrected chi connectivity index (χ4v) is 2.05. The van der Waals surface area contributed by atoms with Crippen LogP contribution < -0.4 is 5.32 Å². The molecule has 0 aliphatic rings. The van der Waals surface area contributed by atoms with E-state index < -0.39 is 0 Å². The molecule has 0 radical (unpaired) electrons. The number of carbonyl (C=O) groups is 1. The van der Waals surface area contributed by atoms with Crippen LogP contribution in [0.1, 0.15) is 35.2 Å². The van der Waals surface area contributed by atoms with E-state index in [1.807, 2.05) is 19.1 Å². The lowest BCUT2D eigenvalue weighted by Gasteiger charge is -2.06. The summed E-state index contributed by atoms with van der Waals surface area (Å²) in [6.07, 6.45) is 2.99. The standard InChI is InChI=1S/C13H17Cl2NO/c1-10-7-11(9-12(15)8-10)13(17)16-6-4-2-3-5-14/h7-9H,2-6H2,1H3,(H,16,17). The number of halogens is 2. The smallest absolute Gasteiger partial charge is 0.251 e. The van der Waals surface area contributed by atoms with Gasteiger partial charge in [-0.1, -0.05) is 18.0 Å². The van der Waals surface area contributed by atoms with E-state index in [1.54, 1.807) is 6.07 Å². The Morgan fingerprint density at radius 3 is 2.65 bits per heavy atom. The van der Waals surface area contributed by atoms with Crippen LogP contribution in [0.15, 0.2) is 18.2 Å². The Balaban J connectivity index is 2.41. The molecule has 0 aliphatic carbocycles. The predicted molar refractivity (Wildman–Crippen MR) is 73.1 cm³/mol. The van der Waals surface area contributed by atoms with Crippen molar-refractivity contribution in [1.82, 2.24) is 5.32 Å². The summed E-state index contributed by atoms with van der Waals surface area (Å²) >= 11 is 11.5. The molecule has 17 heavy (non-hydrogen) atoms. The molecule has 0 atom stereocenters. The topological polar surface area (TPSA) is 29.1 Å². The van der Waals surface area contributed by atoms with Crippen molar-refractivity contribution in [1.29, 1.82) is 0 Å². The lowest BCUT2D eigenvalue weighted by atomic mass is 10.1. The van der Waals surface area contributed by atoms with Crippen LogP contribution in [0.25, 0.3) is 0 Å². The first-order valence-electron chi connectivity index (χ1n) is 5.75. The number of hydrogen-bond acceptors (Lipinski definition) is 1. The van der Waals surface area contributed by atoms with Gasteiger partial charge >= 0.3 is 0 Å². The summed E-state index contributed by atoms with van der Waals surface area (Å²) in [5.74, 6) is 0.614. The van der Waals surface area contributed by atoms with Gasteiger partial charge in [0.15, 0.2) is 0 Å². The second-order valence-corrected chi connectivity index (χ2v) is 4.84. The SMILES string of the molecule is Cc1cc(Cl)cc(C(=O)NCCCCCCl)c1. The van der Waals surface area contributed by atoms with Crippen LogP contribution in [0, 0.1) is 6.92 Å². The van der Waals surface area contributed by atoms with Crippen molar-refractivity contribution in [2.24, 2.45) is 0 Å². The van der Waals surface area contributed by atoms with Gasteiger partial charge in [-0.2, -0.15) is 0 Å². The third kappa shape index (κ3) is 5.42. The maximum Gasteiger partial charge on any atom is 0.251 e. The first-order valence-corrected chi connectivity index (χ1v) is 6.66. The fourth-order valence-electron chi connectivity index (χ4n) is 1.57. The van der Waals surface area contributed by atoms with E-state index in [1.165, 1.54) is 0 Å². The van der Waals surface area contributed by atoms with Gasteiger partial charge in [-0.15, -0.1) is 11.6 Å². The Labute approximate surface area is 112 Å². The van der Waals surface area contributed by atoms with Crippen LogP contribution in [0.3, 0.4) is 0 Å². The number of carbonyl (C=O) groups excluding carboxylic acids is 1. The molecule has 0 unspecified atom stereocenters. The predicted octanol–water partition coefficient (Wildman–Crippen LogP) is 3.79. The van der Waals surface area contributed by atoms with Crippen molar-refractivity contribution in [2.75, 3.05) is 12.4 Å². The molecule has 0 bridgehead atoms. The normalized spacial score (nSPS) is 10.3. The van der Waals surface area contributed by atoms with Crippen molar-refractivity contribution in [3.63, 3.8) is 0 Å². The first-order chi connectivity index (χ1) is 8.13. The van der Waals surface area contributed by atoms with Crippen LogP contribution in [0.4, 0.5) is 0 Å². The van der Waals surface area contributed by atoms with E-state index in [9.17, 15) is 4.79 Å². The highest BCUT2D eigenvalue weighted by Crippen LogP contribution is 2.14. The lowest BCUT2D eigenvalue weighted by Crippen LogP contribution is -2.24. The van der Waals surface area contributed by atoms with E-state index in [-0.39, 0.29) is 5.91 Å². The van der Waals surface area contributed by atoms with E-state index in [4.69, 9.17) is 23.2 Å². The Kier molecular flexibility index (Phi) is 6.38. The van der Waals surface area contributed by atoms with Gasteiger partial charge in [-0.25, -0.2) is 0 Å². The molecule has 1 rings (SSSR count). The van der Waals surface area contributed by atoms with Crippen LogP contribution >= 0.6 is 23.2 Å². The number of alkyl halides is 1. The Bertz CT molecular complexity index is 359.